The van der Waals surface area contributed by atoms with Crippen LogP contribution in [0, 0.1) is 0 Å². The standard InChI is InChI=1S/C14H12N2OS/c17-13-7-8-18-14(16-13)15-12-6-5-10-3-1-2-4-11(10)9-12/h1-6,9H,7-8H2,(H,15,16,17). The van der Waals surface area contributed by atoms with E-state index in [0.717, 1.165) is 16.8 Å². The summed E-state index contributed by atoms with van der Waals surface area (Å²) in [5.74, 6) is 0.853. The summed E-state index contributed by atoms with van der Waals surface area (Å²) in [4.78, 5) is 15.7. The van der Waals surface area contributed by atoms with Crippen molar-refractivity contribution < 1.29 is 4.79 Å². The monoisotopic (exact) mass is 256 g/mol. The summed E-state index contributed by atoms with van der Waals surface area (Å²) in [7, 11) is 0. The van der Waals surface area contributed by atoms with Crippen LogP contribution in [-0.4, -0.2) is 16.8 Å². The highest BCUT2D eigenvalue weighted by Gasteiger charge is 2.13. The van der Waals surface area contributed by atoms with Gasteiger partial charge in [-0.05, 0) is 22.9 Å². The van der Waals surface area contributed by atoms with Crippen LogP contribution in [-0.2, 0) is 4.79 Å². The van der Waals surface area contributed by atoms with Crippen LogP contribution in [0.2, 0.25) is 0 Å². The number of nitrogens with zero attached hydrogens (tertiary/aromatic N) is 1. The third-order valence-electron chi connectivity index (χ3n) is 2.78. The van der Waals surface area contributed by atoms with Gasteiger partial charge in [0, 0.05) is 12.2 Å². The summed E-state index contributed by atoms with van der Waals surface area (Å²) in [6, 6.07) is 14.2. The molecule has 0 atom stereocenters. The Balaban J connectivity index is 1.94. The molecule has 0 aromatic heterocycles. The molecule has 1 saturated heterocycles. The minimum Gasteiger partial charge on any atom is -0.305 e. The van der Waals surface area contributed by atoms with Crippen LogP contribution < -0.4 is 5.32 Å². The third-order valence-corrected chi connectivity index (χ3v) is 3.65. The molecule has 0 saturated carbocycles. The summed E-state index contributed by atoms with van der Waals surface area (Å²) in [6.07, 6.45) is 0.571. The molecule has 2 aromatic rings. The number of hydrogen-bond donors (Lipinski definition) is 1. The zero-order valence-electron chi connectivity index (χ0n) is 9.72. The molecule has 3 rings (SSSR count). The van der Waals surface area contributed by atoms with Crippen molar-refractivity contribution in [3.05, 3.63) is 42.5 Å². The van der Waals surface area contributed by atoms with Crippen LogP contribution >= 0.6 is 11.8 Å². The Morgan fingerprint density at radius 2 is 1.94 bits per heavy atom. The molecule has 90 valence electrons. The van der Waals surface area contributed by atoms with E-state index in [0.29, 0.717) is 11.6 Å². The van der Waals surface area contributed by atoms with E-state index in [9.17, 15) is 4.79 Å². The minimum absolute atomic E-state index is 0.0493. The van der Waals surface area contributed by atoms with Crippen molar-refractivity contribution >= 4 is 39.3 Å². The van der Waals surface area contributed by atoms with Crippen molar-refractivity contribution in [1.82, 2.24) is 5.32 Å². The van der Waals surface area contributed by atoms with Crippen molar-refractivity contribution in [2.75, 3.05) is 5.75 Å². The van der Waals surface area contributed by atoms with Gasteiger partial charge < -0.3 is 5.32 Å². The highest BCUT2D eigenvalue weighted by molar-refractivity contribution is 8.14. The molecule has 18 heavy (non-hydrogen) atoms. The molecule has 1 N–H and O–H groups in total. The predicted octanol–water partition coefficient (Wildman–Crippen LogP) is 3.08. The summed E-state index contributed by atoms with van der Waals surface area (Å²) in [5.41, 5.74) is 0.874. The fourth-order valence-corrected chi connectivity index (χ4v) is 2.72. The van der Waals surface area contributed by atoms with E-state index in [1.165, 1.54) is 5.39 Å². The number of amides is 1. The van der Waals surface area contributed by atoms with E-state index in [1.54, 1.807) is 11.8 Å². The number of carbonyl (C=O) groups excluding carboxylic acids is 1. The van der Waals surface area contributed by atoms with Crippen molar-refractivity contribution in [2.45, 2.75) is 6.42 Å². The molecule has 0 radical (unpaired) electrons. The topological polar surface area (TPSA) is 41.5 Å². The molecular formula is C14H12N2OS. The lowest BCUT2D eigenvalue weighted by atomic mass is 10.1. The van der Waals surface area contributed by atoms with Gasteiger partial charge in [0.05, 0.1) is 5.69 Å². The highest BCUT2D eigenvalue weighted by atomic mass is 32.2. The van der Waals surface area contributed by atoms with Gasteiger partial charge >= 0.3 is 0 Å². The Hall–Kier alpha value is -1.81. The Morgan fingerprint density at radius 1 is 1.11 bits per heavy atom. The lowest BCUT2D eigenvalue weighted by Crippen LogP contribution is -2.32. The maximum Gasteiger partial charge on any atom is 0.226 e. The first-order valence-electron chi connectivity index (χ1n) is 5.81. The molecule has 1 heterocycles. The van der Waals surface area contributed by atoms with Crippen LogP contribution in [0.5, 0.6) is 0 Å². The lowest BCUT2D eigenvalue weighted by molar-refractivity contribution is -0.119. The zero-order chi connectivity index (χ0) is 12.4. The predicted molar refractivity (Wildman–Crippen MR) is 76.3 cm³/mol. The SMILES string of the molecule is O=C1CCSC(=Nc2ccc3ccccc3c2)N1. The molecule has 4 heteroatoms. The van der Waals surface area contributed by atoms with Crippen molar-refractivity contribution in [1.29, 1.82) is 0 Å². The van der Waals surface area contributed by atoms with Gasteiger partial charge in [-0.25, -0.2) is 4.99 Å². The van der Waals surface area contributed by atoms with E-state index < -0.39 is 0 Å². The molecule has 0 spiro atoms. The first-order chi connectivity index (χ1) is 8.81. The third kappa shape index (κ3) is 2.38. The van der Waals surface area contributed by atoms with Gasteiger partial charge in [-0.15, -0.1) is 0 Å². The van der Waals surface area contributed by atoms with Crippen molar-refractivity contribution in [3.63, 3.8) is 0 Å². The quantitative estimate of drug-likeness (QED) is 0.852. The highest BCUT2D eigenvalue weighted by Crippen LogP contribution is 2.23. The van der Waals surface area contributed by atoms with Crippen LogP contribution in [0.15, 0.2) is 47.5 Å². The van der Waals surface area contributed by atoms with Gasteiger partial charge in [-0.1, -0.05) is 42.1 Å². The average molecular weight is 256 g/mol. The second-order valence-corrected chi connectivity index (χ2v) is 5.18. The zero-order valence-corrected chi connectivity index (χ0v) is 10.5. The molecule has 0 unspecified atom stereocenters. The summed E-state index contributed by atoms with van der Waals surface area (Å²) in [5, 5.41) is 5.84. The molecule has 0 bridgehead atoms. The van der Waals surface area contributed by atoms with Crippen LogP contribution in [0.4, 0.5) is 5.69 Å². The molecule has 1 fully saturated rings. The Labute approximate surface area is 109 Å². The van der Waals surface area contributed by atoms with Crippen LogP contribution in [0.1, 0.15) is 6.42 Å². The Morgan fingerprint density at radius 3 is 2.78 bits per heavy atom. The second-order valence-electron chi connectivity index (χ2n) is 4.10. The molecule has 1 aliphatic rings. The second kappa shape index (κ2) is 4.82. The smallest absolute Gasteiger partial charge is 0.226 e. The Kier molecular flexibility index (Phi) is 3.02. The molecule has 0 aliphatic carbocycles. The number of nitrogens with one attached hydrogen (secondary N) is 1. The lowest BCUT2D eigenvalue weighted by Gasteiger charge is -2.13. The first kappa shape index (κ1) is 11.3. The largest absolute Gasteiger partial charge is 0.305 e. The van der Waals surface area contributed by atoms with E-state index in [-0.39, 0.29) is 5.91 Å². The van der Waals surface area contributed by atoms with Gasteiger partial charge in [0.15, 0.2) is 5.17 Å². The molecule has 1 amide bonds. The fourth-order valence-electron chi connectivity index (χ4n) is 1.88. The average Bonchev–Trinajstić information content (AvgIpc) is 2.39. The summed E-state index contributed by atoms with van der Waals surface area (Å²) in [6.45, 7) is 0. The maximum atomic E-state index is 11.3. The first-order valence-corrected chi connectivity index (χ1v) is 6.80. The molecule has 1 aliphatic heterocycles. The molecule has 2 aromatic carbocycles. The van der Waals surface area contributed by atoms with Crippen LogP contribution in [0.3, 0.4) is 0 Å². The van der Waals surface area contributed by atoms with Gasteiger partial charge in [0.2, 0.25) is 5.91 Å². The Bertz CT molecular complexity index is 636. The van der Waals surface area contributed by atoms with Gasteiger partial charge in [-0.2, -0.15) is 0 Å². The summed E-state index contributed by atoms with van der Waals surface area (Å²) >= 11 is 1.59. The fraction of sp³-hybridized carbons (Fsp3) is 0.143. The van der Waals surface area contributed by atoms with E-state index in [4.69, 9.17) is 0 Å². The number of carbonyl (C=O) groups is 1. The van der Waals surface area contributed by atoms with Gasteiger partial charge in [0.25, 0.3) is 0 Å². The van der Waals surface area contributed by atoms with Gasteiger partial charge in [0.1, 0.15) is 0 Å². The van der Waals surface area contributed by atoms with E-state index in [1.807, 2.05) is 30.3 Å². The van der Waals surface area contributed by atoms with Crippen molar-refractivity contribution in [3.8, 4) is 0 Å². The number of hydrogen-bond acceptors (Lipinski definition) is 3. The number of thioether (sulfide) groups is 1. The molecular weight excluding hydrogens is 244 g/mol. The normalized spacial score (nSPS) is 18.0. The number of fused-ring (bicyclic) bond motifs is 1. The van der Waals surface area contributed by atoms with Crippen LogP contribution in [0.25, 0.3) is 10.8 Å². The summed E-state index contributed by atoms with van der Waals surface area (Å²) < 4.78 is 0. The number of rotatable bonds is 1. The number of amidine groups is 1. The number of aliphatic imine (C=N–C) groups is 1. The van der Waals surface area contributed by atoms with Gasteiger partial charge in [-0.3, -0.25) is 4.79 Å². The van der Waals surface area contributed by atoms with E-state index >= 15 is 0 Å². The van der Waals surface area contributed by atoms with E-state index in [2.05, 4.69) is 22.4 Å². The van der Waals surface area contributed by atoms with Crippen molar-refractivity contribution in [2.24, 2.45) is 4.99 Å². The maximum absolute atomic E-state index is 11.3. The minimum atomic E-state index is 0.0493. The number of benzene rings is 2. The molecule has 3 nitrogen and oxygen atoms in total.